The van der Waals surface area contributed by atoms with Crippen LogP contribution in [-0.4, -0.2) is 30.4 Å². The maximum atomic E-state index is 12.3. The summed E-state index contributed by atoms with van der Waals surface area (Å²) in [6.45, 7) is 0. The third kappa shape index (κ3) is 3.23. The lowest BCUT2D eigenvalue weighted by molar-refractivity contribution is -0.135. The summed E-state index contributed by atoms with van der Waals surface area (Å²) in [7, 11) is -3.74. The molecule has 0 aliphatic carbocycles. The number of hydrogen-bond donors (Lipinski definition) is 2. The SMILES string of the molecule is O=C(O)/C(O)=C/C(=O)c1cc(S(=O)(=O)c2ccccc2)cs1. The van der Waals surface area contributed by atoms with Crippen LogP contribution < -0.4 is 0 Å². The van der Waals surface area contributed by atoms with Gasteiger partial charge in [0.2, 0.25) is 15.6 Å². The van der Waals surface area contributed by atoms with Crippen LogP contribution in [0.3, 0.4) is 0 Å². The van der Waals surface area contributed by atoms with Crippen LogP contribution in [-0.2, 0) is 14.6 Å². The van der Waals surface area contributed by atoms with Crippen molar-refractivity contribution in [2.75, 3.05) is 0 Å². The highest BCUT2D eigenvalue weighted by Crippen LogP contribution is 2.26. The number of allylic oxidation sites excluding steroid dienone is 1. The largest absolute Gasteiger partial charge is 0.502 e. The maximum Gasteiger partial charge on any atom is 0.371 e. The lowest BCUT2D eigenvalue weighted by Gasteiger charge is -2.00. The van der Waals surface area contributed by atoms with Crippen molar-refractivity contribution in [3.63, 3.8) is 0 Å². The van der Waals surface area contributed by atoms with Crippen molar-refractivity contribution in [3.8, 4) is 0 Å². The molecule has 0 fully saturated rings. The first-order valence-electron chi connectivity index (χ1n) is 5.89. The monoisotopic (exact) mass is 338 g/mol. The van der Waals surface area contributed by atoms with Crippen LogP contribution in [0.25, 0.3) is 0 Å². The number of carbonyl (C=O) groups excluding carboxylic acids is 1. The van der Waals surface area contributed by atoms with Crippen molar-refractivity contribution in [2.45, 2.75) is 9.79 Å². The van der Waals surface area contributed by atoms with E-state index in [-0.39, 0.29) is 14.7 Å². The van der Waals surface area contributed by atoms with E-state index in [9.17, 15) is 18.0 Å². The highest BCUT2D eigenvalue weighted by molar-refractivity contribution is 7.91. The minimum atomic E-state index is -3.74. The second kappa shape index (κ2) is 6.12. The van der Waals surface area contributed by atoms with Gasteiger partial charge in [0.05, 0.1) is 14.7 Å². The van der Waals surface area contributed by atoms with E-state index in [1.807, 2.05) is 0 Å². The molecule has 0 saturated carbocycles. The van der Waals surface area contributed by atoms with Crippen LogP contribution in [0.2, 0.25) is 0 Å². The number of benzene rings is 1. The van der Waals surface area contributed by atoms with Crippen molar-refractivity contribution in [1.82, 2.24) is 0 Å². The molecule has 6 nitrogen and oxygen atoms in total. The first-order valence-corrected chi connectivity index (χ1v) is 8.25. The Kier molecular flexibility index (Phi) is 4.43. The number of carbonyl (C=O) groups is 2. The van der Waals surface area contributed by atoms with E-state index in [0.717, 1.165) is 17.4 Å². The summed E-state index contributed by atoms with van der Waals surface area (Å²) in [6.07, 6.45) is 0.535. The molecule has 0 unspecified atom stereocenters. The van der Waals surface area contributed by atoms with Gasteiger partial charge in [-0.05, 0) is 18.2 Å². The second-order valence-electron chi connectivity index (χ2n) is 4.16. The van der Waals surface area contributed by atoms with Gasteiger partial charge >= 0.3 is 5.97 Å². The van der Waals surface area contributed by atoms with E-state index in [0.29, 0.717) is 6.08 Å². The minimum Gasteiger partial charge on any atom is -0.502 e. The van der Waals surface area contributed by atoms with E-state index in [4.69, 9.17) is 10.2 Å². The van der Waals surface area contributed by atoms with Gasteiger partial charge in [-0.2, -0.15) is 0 Å². The Morgan fingerprint density at radius 3 is 2.27 bits per heavy atom. The summed E-state index contributed by atoms with van der Waals surface area (Å²) >= 11 is 0.856. The molecule has 0 aliphatic rings. The van der Waals surface area contributed by atoms with Gasteiger partial charge in [-0.1, -0.05) is 18.2 Å². The predicted molar refractivity (Wildman–Crippen MR) is 78.9 cm³/mol. The maximum absolute atomic E-state index is 12.3. The molecule has 0 spiro atoms. The lowest BCUT2D eigenvalue weighted by Crippen LogP contribution is -2.03. The van der Waals surface area contributed by atoms with E-state index in [1.165, 1.54) is 17.5 Å². The molecule has 8 heteroatoms. The number of aliphatic carboxylic acids is 1. The number of carboxylic acid groups (broad SMARTS) is 1. The molecule has 1 heterocycles. The fourth-order valence-corrected chi connectivity index (χ4v) is 4.05. The average Bonchev–Trinajstić information content (AvgIpc) is 2.98. The molecule has 0 bridgehead atoms. The fourth-order valence-electron chi connectivity index (χ4n) is 1.58. The van der Waals surface area contributed by atoms with E-state index >= 15 is 0 Å². The fraction of sp³-hybridized carbons (Fsp3) is 0. The van der Waals surface area contributed by atoms with Crippen molar-refractivity contribution in [3.05, 3.63) is 58.5 Å². The molecule has 0 amide bonds. The molecular weight excluding hydrogens is 328 g/mol. The van der Waals surface area contributed by atoms with Gasteiger partial charge in [0.25, 0.3) is 0 Å². The van der Waals surface area contributed by atoms with E-state index in [2.05, 4.69) is 0 Å². The van der Waals surface area contributed by atoms with Gasteiger partial charge in [-0.15, -0.1) is 11.3 Å². The highest BCUT2D eigenvalue weighted by atomic mass is 32.2. The molecule has 22 heavy (non-hydrogen) atoms. The van der Waals surface area contributed by atoms with E-state index < -0.39 is 27.3 Å². The normalized spacial score (nSPS) is 12.1. The first-order chi connectivity index (χ1) is 10.3. The summed E-state index contributed by atoms with van der Waals surface area (Å²) in [5, 5.41) is 18.8. The molecule has 1 aromatic heterocycles. The molecule has 1 aromatic carbocycles. The molecule has 114 valence electrons. The van der Waals surface area contributed by atoms with Crippen molar-refractivity contribution in [1.29, 1.82) is 0 Å². The van der Waals surface area contributed by atoms with Gasteiger partial charge < -0.3 is 10.2 Å². The van der Waals surface area contributed by atoms with Gasteiger partial charge in [0.15, 0.2) is 5.78 Å². The number of ketones is 1. The average molecular weight is 338 g/mol. The van der Waals surface area contributed by atoms with Crippen molar-refractivity contribution < 1.29 is 28.2 Å². The number of carboxylic acids is 1. The standard InChI is InChI=1S/C14H10O6S2/c15-11(7-12(16)14(17)18)13-6-10(8-21-13)22(19,20)9-4-2-1-3-5-9/h1-8,16H,(H,17,18)/b12-7-. The number of aliphatic hydroxyl groups excluding tert-OH is 1. The Morgan fingerprint density at radius 1 is 1.05 bits per heavy atom. The Labute approximate surface area is 129 Å². The first kappa shape index (κ1) is 15.9. The van der Waals surface area contributed by atoms with Crippen LogP contribution in [0.1, 0.15) is 9.67 Å². The zero-order chi connectivity index (χ0) is 16.3. The number of hydrogen-bond acceptors (Lipinski definition) is 6. The molecule has 2 rings (SSSR count). The zero-order valence-electron chi connectivity index (χ0n) is 11.0. The Bertz CT molecular complexity index is 846. The summed E-state index contributed by atoms with van der Waals surface area (Å²) in [5.74, 6) is -3.52. The third-order valence-corrected chi connectivity index (χ3v) is 5.51. The van der Waals surface area contributed by atoms with Crippen LogP contribution in [0, 0.1) is 0 Å². The summed E-state index contributed by atoms with van der Waals surface area (Å²) in [4.78, 5) is 22.3. The third-order valence-electron chi connectivity index (χ3n) is 2.67. The smallest absolute Gasteiger partial charge is 0.371 e. The van der Waals surface area contributed by atoms with Crippen LogP contribution in [0.15, 0.2) is 63.4 Å². The Balaban J connectivity index is 2.35. The lowest BCUT2D eigenvalue weighted by atomic mass is 10.3. The molecule has 2 aromatic rings. The molecule has 0 aliphatic heterocycles. The van der Waals surface area contributed by atoms with Gasteiger partial charge in [-0.3, -0.25) is 4.79 Å². The summed E-state index contributed by atoms with van der Waals surface area (Å²) in [6, 6.07) is 8.87. The zero-order valence-corrected chi connectivity index (χ0v) is 12.6. The van der Waals surface area contributed by atoms with Crippen LogP contribution in [0.5, 0.6) is 0 Å². The molecule has 0 radical (unpaired) electrons. The molecule has 0 atom stereocenters. The van der Waals surface area contributed by atoms with Crippen LogP contribution >= 0.6 is 11.3 Å². The molecule has 2 N–H and O–H groups in total. The van der Waals surface area contributed by atoms with Gasteiger partial charge in [-0.25, -0.2) is 13.2 Å². The Morgan fingerprint density at radius 2 is 1.68 bits per heavy atom. The topological polar surface area (TPSA) is 109 Å². The quantitative estimate of drug-likeness (QED) is 0.492. The van der Waals surface area contributed by atoms with E-state index in [1.54, 1.807) is 18.2 Å². The second-order valence-corrected chi connectivity index (χ2v) is 7.02. The van der Waals surface area contributed by atoms with Gasteiger partial charge in [0, 0.05) is 11.5 Å². The molecular formula is C14H10O6S2. The number of rotatable bonds is 5. The van der Waals surface area contributed by atoms with Crippen LogP contribution in [0.4, 0.5) is 0 Å². The summed E-state index contributed by atoms with van der Waals surface area (Å²) < 4.78 is 24.7. The van der Waals surface area contributed by atoms with Gasteiger partial charge in [0.1, 0.15) is 0 Å². The summed E-state index contributed by atoms with van der Waals surface area (Å²) in [5.41, 5.74) is 0. The predicted octanol–water partition coefficient (Wildman–Crippen LogP) is 2.29. The minimum absolute atomic E-state index is 0.0160. The number of sulfone groups is 1. The highest BCUT2D eigenvalue weighted by Gasteiger charge is 2.21. The molecule has 0 saturated heterocycles. The Hall–Kier alpha value is -2.45. The van der Waals surface area contributed by atoms with Crippen molar-refractivity contribution >= 4 is 32.9 Å². The number of aliphatic hydroxyl groups is 1. The van der Waals surface area contributed by atoms with Crippen molar-refractivity contribution in [2.24, 2.45) is 0 Å². The number of thiophene rings is 1.